The number of benzene rings is 1. The molecule has 0 heterocycles. The van der Waals surface area contributed by atoms with Crippen molar-refractivity contribution in [3.63, 3.8) is 0 Å². The first-order chi connectivity index (χ1) is 8.08. The van der Waals surface area contributed by atoms with Crippen LogP contribution in [-0.2, 0) is 11.3 Å². The minimum Gasteiger partial charge on any atom is -0.497 e. The summed E-state index contributed by atoms with van der Waals surface area (Å²) < 4.78 is 10.3. The summed E-state index contributed by atoms with van der Waals surface area (Å²) in [5.41, 5.74) is 0.845. The molecule has 0 saturated carbocycles. The zero-order chi connectivity index (χ0) is 12.8. The fourth-order valence-corrected chi connectivity index (χ4v) is 1.42. The quantitative estimate of drug-likeness (QED) is 0.821. The molecule has 1 rings (SSSR count). The van der Waals surface area contributed by atoms with E-state index < -0.39 is 5.38 Å². The Labute approximate surface area is 106 Å². The third-order valence-corrected chi connectivity index (χ3v) is 2.50. The number of alkyl halides is 1. The van der Waals surface area contributed by atoms with Gasteiger partial charge < -0.3 is 14.8 Å². The highest BCUT2D eigenvalue weighted by molar-refractivity contribution is 6.30. The summed E-state index contributed by atoms with van der Waals surface area (Å²) in [5, 5.41) is 2.17. The first-order valence-electron chi connectivity index (χ1n) is 5.21. The van der Waals surface area contributed by atoms with Crippen molar-refractivity contribution in [2.75, 3.05) is 14.2 Å². The molecule has 0 saturated heterocycles. The molecule has 4 nitrogen and oxygen atoms in total. The van der Waals surface area contributed by atoms with Gasteiger partial charge in [0.1, 0.15) is 16.9 Å². The van der Waals surface area contributed by atoms with Crippen molar-refractivity contribution in [2.24, 2.45) is 0 Å². The van der Waals surface area contributed by atoms with Gasteiger partial charge in [-0.05, 0) is 25.1 Å². The summed E-state index contributed by atoms with van der Waals surface area (Å²) in [6, 6.07) is 5.41. The minimum absolute atomic E-state index is 0.212. The van der Waals surface area contributed by atoms with Crippen LogP contribution in [0.5, 0.6) is 11.5 Å². The average molecular weight is 258 g/mol. The molecule has 1 aromatic carbocycles. The predicted octanol–water partition coefficient (Wildman–Crippen LogP) is 1.95. The molecule has 5 heteroatoms. The summed E-state index contributed by atoms with van der Waals surface area (Å²) in [6.45, 7) is 1.98. The normalized spacial score (nSPS) is 11.8. The molecule has 0 aliphatic rings. The van der Waals surface area contributed by atoms with Crippen LogP contribution in [0.2, 0.25) is 0 Å². The Kier molecular flexibility index (Phi) is 5.10. The van der Waals surface area contributed by atoms with Crippen molar-refractivity contribution in [1.29, 1.82) is 0 Å². The molecule has 1 amide bonds. The van der Waals surface area contributed by atoms with Crippen molar-refractivity contribution in [3.05, 3.63) is 23.8 Å². The molecule has 1 unspecified atom stereocenters. The number of carbonyl (C=O) groups excluding carboxylic acids is 1. The van der Waals surface area contributed by atoms with Gasteiger partial charge in [0.05, 0.1) is 14.2 Å². The number of halogens is 1. The molecular weight excluding hydrogens is 242 g/mol. The van der Waals surface area contributed by atoms with Crippen LogP contribution >= 0.6 is 11.6 Å². The summed E-state index contributed by atoms with van der Waals surface area (Å²) >= 11 is 5.66. The largest absolute Gasteiger partial charge is 0.497 e. The molecule has 17 heavy (non-hydrogen) atoms. The number of carbonyl (C=O) groups is 1. The Morgan fingerprint density at radius 2 is 2.12 bits per heavy atom. The second kappa shape index (κ2) is 6.35. The third-order valence-electron chi connectivity index (χ3n) is 2.30. The van der Waals surface area contributed by atoms with Gasteiger partial charge in [0, 0.05) is 12.1 Å². The SMILES string of the molecule is COc1ccc(OC)c(CNC(=O)C(C)Cl)c1. The molecule has 1 N–H and O–H groups in total. The second-order valence-corrected chi connectivity index (χ2v) is 4.17. The van der Waals surface area contributed by atoms with E-state index in [0.29, 0.717) is 18.0 Å². The Bertz CT molecular complexity index is 393. The lowest BCUT2D eigenvalue weighted by Gasteiger charge is -2.12. The van der Waals surface area contributed by atoms with Crippen molar-refractivity contribution in [1.82, 2.24) is 5.32 Å². The molecule has 0 bridgehead atoms. The van der Waals surface area contributed by atoms with Gasteiger partial charge in [-0.25, -0.2) is 0 Å². The second-order valence-electron chi connectivity index (χ2n) is 3.51. The van der Waals surface area contributed by atoms with E-state index in [4.69, 9.17) is 21.1 Å². The van der Waals surface area contributed by atoms with E-state index in [-0.39, 0.29) is 5.91 Å². The minimum atomic E-state index is -0.549. The van der Waals surface area contributed by atoms with Gasteiger partial charge in [0.2, 0.25) is 5.91 Å². The van der Waals surface area contributed by atoms with Crippen LogP contribution in [0.25, 0.3) is 0 Å². The van der Waals surface area contributed by atoms with Gasteiger partial charge in [-0.3, -0.25) is 4.79 Å². The Hall–Kier alpha value is -1.42. The summed E-state index contributed by atoms with van der Waals surface area (Å²) in [7, 11) is 3.17. The maximum absolute atomic E-state index is 11.4. The molecule has 1 aromatic rings. The van der Waals surface area contributed by atoms with Crippen molar-refractivity contribution < 1.29 is 14.3 Å². The molecule has 0 aliphatic carbocycles. The highest BCUT2D eigenvalue weighted by atomic mass is 35.5. The highest BCUT2D eigenvalue weighted by Gasteiger charge is 2.10. The van der Waals surface area contributed by atoms with E-state index in [9.17, 15) is 4.79 Å². The van der Waals surface area contributed by atoms with E-state index in [1.807, 2.05) is 6.07 Å². The maximum Gasteiger partial charge on any atom is 0.238 e. The van der Waals surface area contributed by atoms with E-state index in [1.165, 1.54) is 0 Å². The van der Waals surface area contributed by atoms with Crippen molar-refractivity contribution in [2.45, 2.75) is 18.8 Å². The summed E-state index contributed by atoms with van der Waals surface area (Å²) in [5.74, 6) is 1.21. The lowest BCUT2D eigenvalue weighted by atomic mass is 10.2. The Balaban J connectivity index is 2.77. The van der Waals surface area contributed by atoms with Gasteiger partial charge in [-0.2, -0.15) is 0 Å². The number of hydrogen-bond acceptors (Lipinski definition) is 3. The summed E-state index contributed by atoms with van der Waals surface area (Å²) in [6.07, 6.45) is 0. The van der Waals surface area contributed by atoms with Crippen molar-refractivity contribution in [3.8, 4) is 11.5 Å². The van der Waals surface area contributed by atoms with Crippen LogP contribution in [0.3, 0.4) is 0 Å². The fourth-order valence-electron chi connectivity index (χ4n) is 1.34. The number of ether oxygens (including phenoxy) is 2. The molecule has 0 aromatic heterocycles. The smallest absolute Gasteiger partial charge is 0.238 e. The first-order valence-corrected chi connectivity index (χ1v) is 5.64. The van der Waals surface area contributed by atoms with E-state index in [1.54, 1.807) is 33.3 Å². The number of hydrogen-bond donors (Lipinski definition) is 1. The van der Waals surface area contributed by atoms with Crippen molar-refractivity contribution >= 4 is 17.5 Å². The van der Waals surface area contributed by atoms with Crippen LogP contribution in [0.4, 0.5) is 0 Å². The van der Waals surface area contributed by atoms with Crippen LogP contribution < -0.4 is 14.8 Å². The predicted molar refractivity (Wildman–Crippen MR) is 66.7 cm³/mol. The zero-order valence-electron chi connectivity index (χ0n) is 10.1. The van der Waals surface area contributed by atoms with Gasteiger partial charge in [-0.15, -0.1) is 11.6 Å². The molecular formula is C12H16ClNO3. The number of methoxy groups -OCH3 is 2. The molecule has 0 radical (unpaired) electrons. The van der Waals surface area contributed by atoms with E-state index in [2.05, 4.69) is 5.32 Å². The highest BCUT2D eigenvalue weighted by Crippen LogP contribution is 2.23. The zero-order valence-corrected chi connectivity index (χ0v) is 10.9. The Morgan fingerprint density at radius 3 is 2.65 bits per heavy atom. The van der Waals surface area contributed by atoms with Crippen LogP contribution in [0.1, 0.15) is 12.5 Å². The molecule has 94 valence electrons. The van der Waals surface area contributed by atoms with E-state index >= 15 is 0 Å². The number of rotatable bonds is 5. The molecule has 0 fully saturated rings. The monoisotopic (exact) mass is 257 g/mol. The van der Waals surface area contributed by atoms with E-state index in [0.717, 1.165) is 5.56 Å². The number of nitrogens with one attached hydrogen (secondary N) is 1. The van der Waals surface area contributed by atoms with Crippen LogP contribution in [-0.4, -0.2) is 25.5 Å². The first kappa shape index (κ1) is 13.6. The molecule has 0 aliphatic heterocycles. The molecule has 1 atom stereocenters. The fraction of sp³-hybridized carbons (Fsp3) is 0.417. The topological polar surface area (TPSA) is 47.6 Å². The van der Waals surface area contributed by atoms with Gasteiger partial charge in [0.15, 0.2) is 0 Å². The summed E-state index contributed by atoms with van der Waals surface area (Å²) in [4.78, 5) is 11.4. The molecule has 0 spiro atoms. The lowest BCUT2D eigenvalue weighted by molar-refractivity contribution is -0.120. The Morgan fingerprint density at radius 1 is 1.41 bits per heavy atom. The number of amides is 1. The van der Waals surface area contributed by atoms with Crippen LogP contribution in [0, 0.1) is 0 Å². The third kappa shape index (κ3) is 3.82. The van der Waals surface area contributed by atoms with Gasteiger partial charge >= 0.3 is 0 Å². The van der Waals surface area contributed by atoms with Gasteiger partial charge in [0.25, 0.3) is 0 Å². The average Bonchev–Trinajstić information content (AvgIpc) is 2.35. The van der Waals surface area contributed by atoms with Crippen LogP contribution in [0.15, 0.2) is 18.2 Å². The maximum atomic E-state index is 11.4. The van der Waals surface area contributed by atoms with Gasteiger partial charge in [-0.1, -0.05) is 0 Å². The lowest BCUT2D eigenvalue weighted by Crippen LogP contribution is -2.29. The standard InChI is InChI=1S/C12H16ClNO3/c1-8(13)12(15)14-7-9-6-10(16-2)4-5-11(9)17-3/h4-6,8H,7H2,1-3H3,(H,14,15).